The number of ether oxygens (including phenoxy) is 1. The maximum absolute atomic E-state index is 12.4. The summed E-state index contributed by atoms with van der Waals surface area (Å²) >= 11 is 0. The van der Waals surface area contributed by atoms with Crippen LogP contribution in [0.5, 0.6) is 5.75 Å². The fraction of sp³-hybridized carbons (Fsp3) is 0.250. The SMILES string of the molecule is COc1c(/C=C/c2ccc(NS(C)(=O)=O)cc2)cc(-n2ccc(=O)[nH]c2=O)cc1C(C)(C)C.O.O.O.O.O.O.O.O.O.[NaH].[NaH]. The number of nitrogens with zero attached hydrogens (tertiary/aromatic N) is 1. The molecular weight excluding hydrogens is 632 g/mol. The third-order valence-corrected chi connectivity index (χ3v) is 5.49. The molecule has 1 heterocycles. The molecular formula is C24H47N3Na2O14S. The Bertz CT molecular complexity index is 1440. The number of H-pyrrole nitrogens is 1. The first-order chi connectivity index (χ1) is 15.4. The van der Waals surface area contributed by atoms with Crippen LogP contribution in [0.1, 0.15) is 37.5 Å². The summed E-state index contributed by atoms with van der Waals surface area (Å²) in [6.07, 6.45) is 6.28. The van der Waals surface area contributed by atoms with Crippen molar-refractivity contribution in [1.82, 2.24) is 9.55 Å². The zero-order valence-electron chi connectivity index (χ0n) is 23.7. The van der Waals surface area contributed by atoms with Crippen LogP contribution in [-0.2, 0) is 15.4 Å². The Hall–Kier alpha value is -1.95. The minimum absolute atomic E-state index is 0. The number of rotatable bonds is 6. The van der Waals surface area contributed by atoms with Crippen molar-refractivity contribution in [3.8, 4) is 11.4 Å². The fourth-order valence-corrected chi connectivity index (χ4v) is 3.93. The third-order valence-electron chi connectivity index (χ3n) is 4.89. The van der Waals surface area contributed by atoms with E-state index >= 15 is 0 Å². The van der Waals surface area contributed by atoms with Gasteiger partial charge < -0.3 is 54.0 Å². The number of benzene rings is 2. The van der Waals surface area contributed by atoms with Gasteiger partial charge in [-0.1, -0.05) is 45.1 Å². The summed E-state index contributed by atoms with van der Waals surface area (Å²) in [5.74, 6) is 0.676. The molecule has 20 N–H and O–H groups in total. The first kappa shape index (κ1) is 64.9. The van der Waals surface area contributed by atoms with Crippen LogP contribution < -0.4 is 20.7 Å². The van der Waals surface area contributed by atoms with E-state index in [1.807, 2.05) is 45.1 Å². The second-order valence-electron chi connectivity index (χ2n) is 8.68. The number of hydrogen-bond acceptors (Lipinski definition) is 5. The number of hydrogen-bond donors (Lipinski definition) is 2. The van der Waals surface area contributed by atoms with Gasteiger partial charge >= 0.3 is 64.8 Å². The molecule has 17 nitrogen and oxygen atoms in total. The van der Waals surface area contributed by atoms with Crippen LogP contribution >= 0.6 is 0 Å². The van der Waals surface area contributed by atoms with Crippen LogP contribution in [0.4, 0.5) is 5.69 Å². The zero-order chi connectivity index (χ0) is 24.4. The monoisotopic (exact) mass is 679 g/mol. The predicted molar refractivity (Wildman–Crippen MR) is 179 cm³/mol. The van der Waals surface area contributed by atoms with E-state index in [1.165, 1.54) is 16.8 Å². The molecule has 44 heavy (non-hydrogen) atoms. The summed E-state index contributed by atoms with van der Waals surface area (Å²) in [4.78, 5) is 26.2. The summed E-state index contributed by atoms with van der Waals surface area (Å²) < 4.78 is 32.3. The van der Waals surface area contributed by atoms with Crippen molar-refractivity contribution in [2.24, 2.45) is 0 Å². The second kappa shape index (κ2) is 26.3. The Kier molecular flexibility index (Phi) is 38.8. The van der Waals surface area contributed by atoms with E-state index in [0.29, 0.717) is 17.1 Å². The van der Waals surface area contributed by atoms with Crippen molar-refractivity contribution >= 4 is 87.0 Å². The van der Waals surface area contributed by atoms with E-state index < -0.39 is 21.3 Å². The number of aromatic nitrogens is 2. The van der Waals surface area contributed by atoms with Gasteiger partial charge in [0.2, 0.25) is 10.0 Å². The second-order valence-corrected chi connectivity index (χ2v) is 10.4. The zero-order valence-corrected chi connectivity index (χ0v) is 24.5. The Labute approximate surface area is 298 Å². The van der Waals surface area contributed by atoms with E-state index in [0.717, 1.165) is 22.9 Å². The molecule has 1 aromatic heterocycles. The van der Waals surface area contributed by atoms with Gasteiger partial charge in [0, 0.05) is 29.1 Å². The van der Waals surface area contributed by atoms with E-state index in [-0.39, 0.29) is 114 Å². The van der Waals surface area contributed by atoms with Gasteiger partial charge in [-0.15, -0.1) is 0 Å². The van der Waals surface area contributed by atoms with Gasteiger partial charge in [0.1, 0.15) is 5.75 Å². The molecule has 20 heteroatoms. The van der Waals surface area contributed by atoms with Gasteiger partial charge in [0.15, 0.2) is 0 Å². The van der Waals surface area contributed by atoms with E-state index in [2.05, 4.69) is 9.71 Å². The van der Waals surface area contributed by atoms with Crippen molar-refractivity contribution in [2.75, 3.05) is 18.1 Å². The van der Waals surface area contributed by atoms with Crippen molar-refractivity contribution in [2.45, 2.75) is 26.2 Å². The molecule has 2 aromatic carbocycles. The number of aromatic amines is 1. The first-order valence-corrected chi connectivity index (χ1v) is 12.1. The van der Waals surface area contributed by atoms with Crippen molar-refractivity contribution in [1.29, 1.82) is 0 Å². The van der Waals surface area contributed by atoms with Crippen LogP contribution in [0.25, 0.3) is 17.8 Å². The average Bonchev–Trinajstić information content (AvgIpc) is 2.71. The average molecular weight is 680 g/mol. The van der Waals surface area contributed by atoms with Gasteiger partial charge in [-0.2, -0.15) is 0 Å². The Balaban J connectivity index is -0.000000159. The van der Waals surface area contributed by atoms with Gasteiger partial charge in [-0.05, 0) is 35.2 Å². The van der Waals surface area contributed by atoms with Crippen LogP contribution in [0, 0.1) is 0 Å². The molecule has 0 spiro atoms. The molecule has 3 aromatic rings. The van der Waals surface area contributed by atoms with Crippen molar-refractivity contribution in [3.63, 3.8) is 0 Å². The molecule has 0 aliphatic carbocycles. The van der Waals surface area contributed by atoms with Gasteiger partial charge in [-0.3, -0.25) is 19.1 Å². The van der Waals surface area contributed by atoms with Gasteiger partial charge in [-0.25, -0.2) is 13.2 Å². The van der Waals surface area contributed by atoms with Crippen LogP contribution in [0.15, 0.2) is 58.3 Å². The minimum atomic E-state index is -3.34. The number of methoxy groups -OCH3 is 1. The summed E-state index contributed by atoms with van der Waals surface area (Å²) in [6.45, 7) is 6.14. The third kappa shape index (κ3) is 17.5. The van der Waals surface area contributed by atoms with Crippen molar-refractivity contribution < 1.29 is 62.4 Å². The molecule has 0 radical (unpaired) electrons. The summed E-state index contributed by atoms with van der Waals surface area (Å²) in [6, 6.07) is 11.9. The first-order valence-electron chi connectivity index (χ1n) is 10.2. The molecule has 0 saturated carbocycles. The quantitative estimate of drug-likeness (QED) is 0.190. The normalized spacial score (nSPS) is 9.11. The number of nitrogens with one attached hydrogen (secondary N) is 2. The molecule has 0 saturated heterocycles. The Morgan fingerprint density at radius 1 is 0.818 bits per heavy atom. The molecule has 0 bridgehead atoms. The summed E-state index contributed by atoms with van der Waals surface area (Å²) in [5, 5.41) is 0. The van der Waals surface area contributed by atoms with E-state index in [9.17, 15) is 18.0 Å². The standard InChI is InChI=1S/C24H27N3O5S.2Na.9H2O.2H/c1-24(2,3)20-15-19(27-13-12-21(28)25-23(27)29)14-17(22(20)32-4)9-6-16-7-10-18(11-8-16)26-33(5,30)31;;;;;;;;;;;;;/h6-15,26H,1-5H3,(H,25,28,29);;;9*1H2;;/b9-6+;;;;;;;;;;;;;. The molecule has 0 unspecified atom stereocenters. The molecule has 0 atom stereocenters. The maximum atomic E-state index is 12.4. The van der Waals surface area contributed by atoms with Gasteiger partial charge in [0.05, 0.1) is 19.1 Å². The molecule has 0 aliphatic heterocycles. The number of sulfonamides is 1. The predicted octanol–water partition coefficient (Wildman–Crippen LogP) is -5.35. The van der Waals surface area contributed by atoms with E-state index in [4.69, 9.17) is 4.74 Å². The topological polar surface area (TPSA) is 394 Å². The summed E-state index contributed by atoms with van der Waals surface area (Å²) in [7, 11) is -1.75. The van der Waals surface area contributed by atoms with Crippen LogP contribution in [0.3, 0.4) is 0 Å². The van der Waals surface area contributed by atoms with E-state index in [1.54, 1.807) is 31.4 Å². The Morgan fingerprint density at radius 2 is 1.32 bits per heavy atom. The summed E-state index contributed by atoms with van der Waals surface area (Å²) in [5.41, 5.74) is 2.28. The fourth-order valence-electron chi connectivity index (χ4n) is 3.37. The Morgan fingerprint density at radius 3 is 1.73 bits per heavy atom. The molecule has 0 fully saturated rings. The molecule has 250 valence electrons. The molecule has 0 aliphatic rings. The number of anilines is 1. The molecule has 3 rings (SSSR count). The molecule has 0 amide bonds. The van der Waals surface area contributed by atoms with Crippen molar-refractivity contribution in [3.05, 3.63) is 86.2 Å². The van der Waals surface area contributed by atoms with Crippen LogP contribution in [0.2, 0.25) is 0 Å². The van der Waals surface area contributed by atoms with Crippen LogP contribution in [-0.4, -0.2) is 140 Å². The van der Waals surface area contributed by atoms with Gasteiger partial charge in [0.25, 0.3) is 5.56 Å².